The van der Waals surface area contributed by atoms with Crippen LogP contribution in [-0.4, -0.2) is 15.6 Å². The summed E-state index contributed by atoms with van der Waals surface area (Å²) in [5.74, 6) is -0.799. The number of aryl methyl sites for hydroxylation is 1. The van der Waals surface area contributed by atoms with Gasteiger partial charge in [0, 0.05) is 12.4 Å². The van der Waals surface area contributed by atoms with Gasteiger partial charge in [-0.05, 0) is 29.7 Å². The molecule has 0 fully saturated rings. The molecule has 0 spiro atoms. The average Bonchev–Trinajstić information content (AvgIpc) is 2.81. The highest BCUT2D eigenvalue weighted by molar-refractivity contribution is 5.72. The molecule has 0 saturated heterocycles. The second-order valence-corrected chi connectivity index (χ2v) is 3.94. The molecule has 0 saturated carbocycles. The molecule has 0 radical (unpaired) electrons. The predicted octanol–water partition coefficient (Wildman–Crippen LogP) is 2.67. The van der Waals surface area contributed by atoms with E-state index in [0.29, 0.717) is 0 Å². The number of hydrogen-bond acceptors (Lipinski definition) is 1. The number of hydrogen-bond donors (Lipinski definition) is 1. The molecular weight excluding hydrogens is 214 g/mol. The Balaban J connectivity index is 2.55. The van der Waals surface area contributed by atoms with Gasteiger partial charge in [0.1, 0.15) is 0 Å². The molecule has 0 atom stereocenters. The van der Waals surface area contributed by atoms with Crippen LogP contribution in [0.5, 0.6) is 0 Å². The molecule has 17 heavy (non-hydrogen) atoms. The SMILES string of the molecule is CCc1cccc(CC(=O)O)c1-n1cccc1. The summed E-state index contributed by atoms with van der Waals surface area (Å²) in [5.41, 5.74) is 3.02. The molecule has 88 valence electrons. The molecular formula is C14H15NO2. The van der Waals surface area contributed by atoms with Crippen LogP contribution in [0, 0.1) is 0 Å². The van der Waals surface area contributed by atoms with Crippen molar-refractivity contribution in [3.63, 3.8) is 0 Å². The van der Waals surface area contributed by atoms with E-state index in [1.807, 2.05) is 47.3 Å². The first-order valence-electron chi connectivity index (χ1n) is 5.68. The van der Waals surface area contributed by atoms with Crippen LogP contribution in [0.25, 0.3) is 5.69 Å². The number of rotatable bonds is 4. The molecule has 0 unspecified atom stereocenters. The molecule has 0 amide bonds. The molecule has 3 heteroatoms. The summed E-state index contributed by atoms with van der Waals surface area (Å²) in [7, 11) is 0. The second kappa shape index (κ2) is 4.87. The van der Waals surface area contributed by atoms with Gasteiger partial charge in [-0.1, -0.05) is 25.1 Å². The number of aliphatic carboxylic acids is 1. The lowest BCUT2D eigenvalue weighted by Crippen LogP contribution is -2.07. The van der Waals surface area contributed by atoms with Gasteiger partial charge in [0.2, 0.25) is 0 Å². The number of carboxylic acids is 1. The minimum Gasteiger partial charge on any atom is -0.481 e. The average molecular weight is 229 g/mol. The van der Waals surface area contributed by atoms with Crippen LogP contribution in [0.4, 0.5) is 0 Å². The molecule has 0 aliphatic rings. The molecule has 1 aromatic carbocycles. The van der Waals surface area contributed by atoms with Crippen LogP contribution in [-0.2, 0) is 17.6 Å². The van der Waals surface area contributed by atoms with Crippen LogP contribution < -0.4 is 0 Å². The summed E-state index contributed by atoms with van der Waals surface area (Å²) in [6.45, 7) is 2.08. The number of aromatic nitrogens is 1. The molecule has 3 nitrogen and oxygen atoms in total. The van der Waals surface area contributed by atoms with E-state index in [2.05, 4.69) is 6.92 Å². The number of para-hydroxylation sites is 1. The van der Waals surface area contributed by atoms with E-state index in [1.54, 1.807) is 0 Å². The smallest absolute Gasteiger partial charge is 0.307 e. The van der Waals surface area contributed by atoms with Gasteiger partial charge in [-0.3, -0.25) is 4.79 Å². The fraction of sp³-hybridized carbons (Fsp3) is 0.214. The van der Waals surface area contributed by atoms with Crippen molar-refractivity contribution < 1.29 is 9.90 Å². The third-order valence-corrected chi connectivity index (χ3v) is 2.79. The second-order valence-electron chi connectivity index (χ2n) is 3.94. The van der Waals surface area contributed by atoms with Crippen molar-refractivity contribution in [3.8, 4) is 5.69 Å². The van der Waals surface area contributed by atoms with E-state index >= 15 is 0 Å². The number of carboxylic acid groups (broad SMARTS) is 1. The normalized spacial score (nSPS) is 10.4. The lowest BCUT2D eigenvalue weighted by atomic mass is 10.0. The van der Waals surface area contributed by atoms with E-state index in [1.165, 1.54) is 5.56 Å². The fourth-order valence-electron chi connectivity index (χ4n) is 2.05. The van der Waals surface area contributed by atoms with Crippen molar-refractivity contribution in [1.29, 1.82) is 0 Å². The van der Waals surface area contributed by atoms with E-state index < -0.39 is 5.97 Å². The van der Waals surface area contributed by atoms with Crippen molar-refractivity contribution in [1.82, 2.24) is 4.57 Å². The van der Waals surface area contributed by atoms with Gasteiger partial charge in [0.25, 0.3) is 0 Å². The van der Waals surface area contributed by atoms with Gasteiger partial charge in [-0.25, -0.2) is 0 Å². The first-order valence-corrected chi connectivity index (χ1v) is 5.68. The zero-order valence-corrected chi connectivity index (χ0v) is 9.76. The number of nitrogens with zero attached hydrogens (tertiary/aromatic N) is 1. The Hall–Kier alpha value is -2.03. The van der Waals surface area contributed by atoms with E-state index in [-0.39, 0.29) is 6.42 Å². The topological polar surface area (TPSA) is 42.2 Å². The first-order chi connectivity index (χ1) is 8.22. The molecule has 2 rings (SSSR count). The Labute approximate surface area is 100 Å². The van der Waals surface area contributed by atoms with Crippen molar-refractivity contribution in [2.24, 2.45) is 0 Å². The summed E-state index contributed by atoms with van der Waals surface area (Å²) < 4.78 is 1.98. The monoisotopic (exact) mass is 229 g/mol. The highest BCUT2D eigenvalue weighted by Gasteiger charge is 2.11. The maximum Gasteiger partial charge on any atom is 0.307 e. The van der Waals surface area contributed by atoms with Gasteiger partial charge in [-0.15, -0.1) is 0 Å². The summed E-state index contributed by atoms with van der Waals surface area (Å²) in [6.07, 6.45) is 4.84. The minimum atomic E-state index is -0.799. The zero-order chi connectivity index (χ0) is 12.3. The fourth-order valence-corrected chi connectivity index (χ4v) is 2.05. The Morgan fingerprint density at radius 2 is 1.82 bits per heavy atom. The van der Waals surface area contributed by atoms with Gasteiger partial charge in [-0.2, -0.15) is 0 Å². The van der Waals surface area contributed by atoms with Crippen LogP contribution in [0.2, 0.25) is 0 Å². The Morgan fingerprint density at radius 1 is 1.18 bits per heavy atom. The standard InChI is InChI=1S/C14H15NO2/c1-2-11-6-5-7-12(10-13(16)17)14(11)15-8-3-4-9-15/h3-9H,2,10H2,1H3,(H,16,17). The Bertz CT molecular complexity index is 515. The first kappa shape index (κ1) is 11.5. The van der Waals surface area contributed by atoms with Crippen molar-refractivity contribution in [3.05, 3.63) is 53.9 Å². The van der Waals surface area contributed by atoms with Gasteiger partial charge in [0.15, 0.2) is 0 Å². The summed E-state index contributed by atoms with van der Waals surface area (Å²) >= 11 is 0. The third-order valence-electron chi connectivity index (χ3n) is 2.79. The number of carbonyl (C=O) groups is 1. The van der Waals surface area contributed by atoms with Crippen LogP contribution in [0.3, 0.4) is 0 Å². The van der Waals surface area contributed by atoms with Gasteiger partial charge >= 0.3 is 5.97 Å². The van der Waals surface area contributed by atoms with Crippen LogP contribution in [0.15, 0.2) is 42.7 Å². The quantitative estimate of drug-likeness (QED) is 0.875. The largest absolute Gasteiger partial charge is 0.481 e. The highest BCUT2D eigenvalue weighted by Crippen LogP contribution is 2.21. The molecule has 0 aliphatic heterocycles. The van der Waals surface area contributed by atoms with Crippen molar-refractivity contribution in [2.75, 3.05) is 0 Å². The Kier molecular flexibility index (Phi) is 3.28. The maximum absolute atomic E-state index is 10.9. The lowest BCUT2D eigenvalue weighted by molar-refractivity contribution is -0.136. The molecule has 0 aliphatic carbocycles. The van der Waals surface area contributed by atoms with Crippen molar-refractivity contribution in [2.45, 2.75) is 19.8 Å². The van der Waals surface area contributed by atoms with E-state index in [4.69, 9.17) is 5.11 Å². The Morgan fingerprint density at radius 3 is 2.41 bits per heavy atom. The van der Waals surface area contributed by atoms with Crippen LogP contribution >= 0.6 is 0 Å². The molecule has 2 aromatic rings. The highest BCUT2D eigenvalue weighted by atomic mass is 16.4. The van der Waals surface area contributed by atoms with Crippen LogP contribution in [0.1, 0.15) is 18.1 Å². The third kappa shape index (κ3) is 2.38. The maximum atomic E-state index is 10.9. The van der Waals surface area contributed by atoms with Crippen molar-refractivity contribution >= 4 is 5.97 Å². The van der Waals surface area contributed by atoms with E-state index in [0.717, 1.165) is 17.7 Å². The molecule has 1 N–H and O–H groups in total. The van der Waals surface area contributed by atoms with Gasteiger partial charge < -0.3 is 9.67 Å². The predicted molar refractivity (Wildman–Crippen MR) is 66.5 cm³/mol. The summed E-state index contributed by atoms with van der Waals surface area (Å²) in [4.78, 5) is 10.9. The van der Waals surface area contributed by atoms with E-state index in [9.17, 15) is 4.79 Å². The molecule has 1 aromatic heterocycles. The summed E-state index contributed by atoms with van der Waals surface area (Å²) in [6, 6.07) is 9.72. The minimum absolute atomic E-state index is 0.0569. The number of benzene rings is 1. The van der Waals surface area contributed by atoms with Gasteiger partial charge in [0.05, 0.1) is 12.1 Å². The lowest BCUT2D eigenvalue weighted by Gasteiger charge is -2.14. The zero-order valence-electron chi connectivity index (χ0n) is 9.76. The summed E-state index contributed by atoms with van der Waals surface area (Å²) in [5, 5.41) is 8.94. The molecule has 0 bridgehead atoms. The molecule has 1 heterocycles.